The Morgan fingerprint density at radius 1 is 1.35 bits per heavy atom. The fourth-order valence-corrected chi connectivity index (χ4v) is 1.34. The van der Waals surface area contributed by atoms with Crippen molar-refractivity contribution in [3.8, 4) is 11.5 Å². The lowest BCUT2D eigenvalue weighted by molar-refractivity contribution is -0.163. The smallest absolute Gasteiger partial charge is 0.383 e. The van der Waals surface area contributed by atoms with Crippen LogP contribution in [0.25, 0.3) is 0 Å². The fourth-order valence-electron chi connectivity index (χ4n) is 1.34. The van der Waals surface area contributed by atoms with Crippen LogP contribution in [0, 0.1) is 0 Å². The van der Waals surface area contributed by atoms with E-state index in [1.165, 1.54) is 25.3 Å². The summed E-state index contributed by atoms with van der Waals surface area (Å²) in [6, 6.07) is 3.81. The number of methoxy groups -OCH3 is 1. The second kappa shape index (κ2) is 6.44. The van der Waals surface area contributed by atoms with Gasteiger partial charge in [0.05, 0.1) is 13.7 Å². The largest absolute Gasteiger partial charge is 0.493 e. The number of amides is 1. The summed E-state index contributed by atoms with van der Waals surface area (Å²) in [4.78, 5) is 11.1. The molecular formula is C12H13F4NO3. The molecule has 0 aliphatic carbocycles. The quantitative estimate of drug-likeness (QED) is 0.821. The van der Waals surface area contributed by atoms with Gasteiger partial charge in [0, 0.05) is 11.8 Å². The normalized spacial score (nSPS) is 11.3. The minimum absolute atomic E-state index is 0.0976. The zero-order chi connectivity index (χ0) is 15.3. The number of hydrogen-bond acceptors (Lipinski definition) is 3. The van der Waals surface area contributed by atoms with Crippen molar-refractivity contribution in [2.45, 2.75) is 19.3 Å². The first-order valence-electron chi connectivity index (χ1n) is 5.61. The molecule has 8 heteroatoms. The predicted molar refractivity (Wildman–Crippen MR) is 63.7 cm³/mol. The van der Waals surface area contributed by atoms with Gasteiger partial charge in [0.2, 0.25) is 0 Å². The second-order valence-corrected chi connectivity index (χ2v) is 3.68. The highest BCUT2D eigenvalue weighted by Gasteiger charge is 2.48. The number of ether oxygens (including phenoxy) is 2. The average molecular weight is 295 g/mol. The van der Waals surface area contributed by atoms with Crippen molar-refractivity contribution in [3.05, 3.63) is 18.2 Å². The molecular weight excluding hydrogens is 282 g/mol. The molecule has 1 rings (SSSR count). The van der Waals surface area contributed by atoms with Gasteiger partial charge >= 0.3 is 18.3 Å². The predicted octanol–water partition coefficient (Wildman–Crippen LogP) is 2.93. The number of benzene rings is 1. The van der Waals surface area contributed by atoms with E-state index >= 15 is 0 Å². The molecule has 112 valence electrons. The van der Waals surface area contributed by atoms with Gasteiger partial charge in [0.15, 0.2) is 11.5 Å². The molecule has 4 nitrogen and oxygen atoms in total. The standard InChI is InChI=1S/C12H13F4NO3/c1-3-20-9-6-7(4-5-8(9)19-2)17-11(18)12(15,16)10(13)14/h4-6,10H,3H2,1-2H3,(H,17,18). The highest BCUT2D eigenvalue weighted by molar-refractivity contribution is 5.96. The highest BCUT2D eigenvalue weighted by Crippen LogP contribution is 2.31. The van der Waals surface area contributed by atoms with E-state index in [1.54, 1.807) is 12.2 Å². The average Bonchev–Trinajstić information content (AvgIpc) is 2.39. The van der Waals surface area contributed by atoms with E-state index in [0.29, 0.717) is 5.75 Å². The summed E-state index contributed by atoms with van der Waals surface area (Å²) in [5, 5.41) is 1.71. The Morgan fingerprint density at radius 3 is 2.50 bits per heavy atom. The SMILES string of the molecule is CCOc1cc(NC(=O)C(F)(F)C(F)F)ccc1OC. The number of halogens is 4. The maximum atomic E-state index is 12.8. The van der Waals surface area contributed by atoms with E-state index < -0.39 is 18.3 Å². The Labute approximate surface area is 112 Å². The summed E-state index contributed by atoms with van der Waals surface area (Å²) in [5.41, 5.74) is -0.0976. The van der Waals surface area contributed by atoms with Crippen LogP contribution in [0.4, 0.5) is 23.2 Å². The van der Waals surface area contributed by atoms with Crippen molar-refractivity contribution >= 4 is 11.6 Å². The van der Waals surface area contributed by atoms with Gasteiger partial charge in [-0.15, -0.1) is 0 Å². The van der Waals surface area contributed by atoms with E-state index in [4.69, 9.17) is 9.47 Å². The molecule has 1 N–H and O–H groups in total. The molecule has 1 aromatic rings. The first-order chi connectivity index (χ1) is 9.32. The lowest BCUT2D eigenvalue weighted by Gasteiger charge is -2.16. The lowest BCUT2D eigenvalue weighted by atomic mass is 10.2. The molecule has 0 atom stereocenters. The zero-order valence-corrected chi connectivity index (χ0v) is 10.8. The third-order valence-electron chi connectivity index (χ3n) is 2.30. The maximum Gasteiger partial charge on any atom is 0.383 e. The summed E-state index contributed by atoms with van der Waals surface area (Å²) in [6.07, 6.45) is -4.08. The zero-order valence-electron chi connectivity index (χ0n) is 10.8. The highest BCUT2D eigenvalue weighted by atomic mass is 19.3. The van der Waals surface area contributed by atoms with E-state index in [0.717, 1.165) is 0 Å². The Bertz CT molecular complexity index is 480. The van der Waals surface area contributed by atoms with Crippen molar-refractivity contribution in [2.24, 2.45) is 0 Å². The topological polar surface area (TPSA) is 47.6 Å². The maximum absolute atomic E-state index is 12.8. The van der Waals surface area contributed by atoms with Gasteiger partial charge in [-0.25, -0.2) is 8.78 Å². The summed E-state index contributed by atoms with van der Waals surface area (Å²) >= 11 is 0. The summed E-state index contributed by atoms with van der Waals surface area (Å²) in [5.74, 6) is -6.31. The number of hydrogen-bond donors (Lipinski definition) is 1. The molecule has 0 saturated carbocycles. The monoisotopic (exact) mass is 295 g/mol. The van der Waals surface area contributed by atoms with E-state index in [-0.39, 0.29) is 18.0 Å². The second-order valence-electron chi connectivity index (χ2n) is 3.68. The molecule has 20 heavy (non-hydrogen) atoms. The van der Waals surface area contributed by atoms with Crippen LogP contribution in [0.5, 0.6) is 11.5 Å². The summed E-state index contributed by atoms with van der Waals surface area (Å²) < 4.78 is 59.8. The van der Waals surface area contributed by atoms with E-state index in [2.05, 4.69) is 0 Å². The molecule has 1 aromatic carbocycles. The van der Waals surface area contributed by atoms with E-state index in [1.807, 2.05) is 0 Å². The van der Waals surface area contributed by atoms with Crippen molar-refractivity contribution in [1.82, 2.24) is 0 Å². The summed E-state index contributed by atoms with van der Waals surface area (Å²) in [7, 11) is 1.38. The van der Waals surface area contributed by atoms with Crippen molar-refractivity contribution in [3.63, 3.8) is 0 Å². The molecule has 0 radical (unpaired) electrons. The van der Waals surface area contributed by atoms with Gasteiger partial charge in [-0.05, 0) is 19.1 Å². The Kier molecular flexibility index (Phi) is 5.18. The molecule has 0 spiro atoms. The third kappa shape index (κ3) is 3.52. The Hall–Kier alpha value is -1.99. The molecule has 0 saturated heterocycles. The third-order valence-corrected chi connectivity index (χ3v) is 2.30. The molecule has 0 aliphatic rings. The van der Waals surface area contributed by atoms with Crippen LogP contribution in [0.3, 0.4) is 0 Å². The molecule has 1 amide bonds. The minimum Gasteiger partial charge on any atom is -0.493 e. The molecule has 0 heterocycles. The first kappa shape index (κ1) is 16.1. The first-order valence-corrected chi connectivity index (χ1v) is 5.61. The van der Waals surface area contributed by atoms with Crippen molar-refractivity contribution in [2.75, 3.05) is 19.0 Å². The molecule has 0 aromatic heterocycles. The van der Waals surface area contributed by atoms with Gasteiger partial charge in [-0.2, -0.15) is 8.78 Å². The number of carbonyl (C=O) groups is 1. The van der Waals surface area contributed by atoms with Crippen LogP contribution < -0.4 is 14.8 Å². The van der Waals surface area contributed by atoms with Gasteiger partial charge in [-0.3, -0.25) is 4.79 Å². The van der Waals surface area contributed by atoms with Gasteiger partial charge in [-0.1, -0.05) is 0 Å². The summed E-state index contributed by atoms with van der Waals surface area (Å²) in [6.45, 7) is 1.97. The molecule has 0 bridgehead atoms. The van der Waals surface area contributed by atoms with Crippen LogP contribution in [0.15, 0.2) is 18.2 Å². The van der Waals surface area contributed by atoms with Crippen molar-refractivity contribution in [1.29, 1.82) is 0 Å². The van der Waals surface area contributed by atoms with Crippen LogP contribution >= 0.6 is 0 Å². The van der Waals surface area contributed by atoms with Gasteiger partial charge < -0.3 is 14.8 Å². The number of alkyl halides is 4. The number of rotatable bonds is 6. The Balaban J connectivity index is 2.93. The fraction of sp³-hybridized carbons (Fsp3) is 0.417. The number of nitrogens with one attached hydrogen (secondary N) is 1. The molecule has 0 fully saturated rings. The van der Waals surface area contributed by atoms with Crippen LogP contribution in [0.2, 0.25) is 0 Å². The van der Waals surface area contributed by atoms with Crippen LogP contribution in [0.1, 0.15) is 6.92 Å². The number of anilines is 1. The lowest BCUT2D eigenvalue weighted by Crippen LogP contribution is -2.40. The Morgan fingerprint density at radius 2 is 2.00 bits per heavy atom. The molecule has 0 unspecified atom stereocenters. The van der Waals surface area contributed by atoms with Crippen LogP contribution in [-0.2, 0) is 4.79 Å². The van der Waals surface area contributed by atoms with Gasteiger partial charge in [0.25, 0.3) is 0 Å². The van der Waals surface area contributed by atoms with Crippen LogP contribution in [-0.4, -0.2) is 32.0 Å². The minimum atomic E-state index is -4.76. The van der Waals surface area contributed by atoms with E-state index in [9.17, 15) is 22.4 Å². The molecule has 0 aliphatic heterocycles. The van der Waals surface area contributed by atoms with Gasteiger partial charge in [0.1, 0.15) is 0 Å². The van der Waals surface area contributed by atoms with Crippen molar-refractivity contribution < 1.29 is 31.8 Å². The number of carbonyl (C=O) groups excluding carboxylic acids is 1.